The number of hydrogen-bond donors (Lipinski definition) is 5. The van der Waals surface area contributed by atoms with Crippen molar-refractivity contribution < 1.29 is 38.8 Å². The average Bonchev–Trinajstić information content (AvgIpc) is 3.74. The third-order valence-electron chi connectivity index (χ3n) is 9.89. The SMILES string of the molecule is COc1ccccc1C(CN1c2sc(-c3ncco3)c(C)c2C(=O)N(C(C)(C)C(=O)O)C1O)O[C@H]1C[C@@]2(N)CC(O)(C#N)C[C@@]2(N)C1. The number of thiophene rings is 1. The monoisotopic (exact) mass is 666 g/mol. The molecule has 2 saturated carbocycles. The number of aliphatic hydroxyl groups is 2. The molecular weight excluding hydrogens is 628 g/mol. The highest BCUT2D eigenvalue weighted by molar-refractivity contribution is 7.20. The Balaban J connectivity index is 1.43. The van der Waals surface area contributed by atoms with E-state index in [9.17, 15) is 30.2 Å². The summed E-state index contributed by atoms with van der Waals surface area (Å²) in [4.78, 5) is 33.8. The minimum absolute atomic E-state index is 0.000208. The van der Waals surface area contributed by atoms with Crippen LogP contribution in [0.3, 0.4) is 0 Å². The number of hydrogen-bond acceptors (Lipinski definition) is 13. The number of carbonyl (C=O) groups excluding carboxylic acids is 1. The van der Waals surface area contributed by atoms with E-state index < -0.39 is 52.7 Å². The summed E-state index contributed by atoms with van der Waals surface area (Å²) in [5, 5.41) is 42.7. The lowest BCUT2D eigenvalue weighted by molar-refractivity contribution is -0.154. The van der Waals surface area contributed by atoms with Crippen LogP contribution < -0.4 is 21.1 Å². The molecule has 3 heterocycles. The minimum atomic E-state index is -1.80. The number of fused-ring (bicyclic) bond motifs is 2. The first-order valence-corrected chi connectivity index (χ1v) is 15.9. The molecule has 2 fully saturated rings. The molecule has 6 atom stereocenters. The van der Waals surface area contributed by atoms with Gasteiger partial charge < -0.3 is 45.6 Å². The maximum atomic E-state index is 14.0. The van der Waals surface area contributed by atoms with Gasteiger partial charge in [-0.2, -0.15) is 5.26 Å². The molecule has 3 unspecified atom stereocenters. The van der Waals surface area contributed by atoms with E-state index in [-0.39, 0.29) is 43.7 Å². The summed E-state index contributed by atoms with van der Waals surface area (Å²) in [6.07, 6.45) is 0.395. The van der Waals surface area contributed by atoms with Crippen LogP contribution in [0.5, 0.6) is 5.75 Å². The number of nitrogens with two attached hydrogens (primary N) is 2. The molecular formula is C32H38N6O8S. The Morgan fingerprint density at radius 2 is 1.94 bits per heavy atom. The summed E-state index contributed by atoms with van der Waals surface area (Å²) in [6.45, 7) is 4.38. The molecule has 2 aromatic heterocycles. The molecule has 1 aliphatic heterocycles. The number of anilines is 1. The second-order valence-corrected chi connectivity index (χ2v) is 14.3. The number of carboxylic acids is 1. The van der Waals surface area contributed by atoms with Crippen LogP contribution in [0.1, 0.15) is 67.1 Å². The smallest absolute Gasteiger partial charge is 0.329 e. The number of carboxylic acid groups (broad SMARTS) is 1. The normalized spacial score (nSPS) is 29.4. The van der Waals surface area contributed by atoms with Crippen molar-refractivity contribution in [2.45, 2.75) is 87.2 Å². The first kappa shape index (κ1) is 32.9. The highest BCUT2D eigenvalue weighted by atomic mass is 32.1. The van der Waals surface area contributed by atoms with Crippen molar-refractivity contribution in [1.82, 2.24) is 9.88 Å². The summed E-state index contributed by atoms with van der Waals surface area (Å²) in [5.41, 5.74) is 9.33. The standard InChI is InChI=1S/C32H38N6O8S/c1-17-22-25(39)38(29(2,3)27(40)41)28(42)37(26(22)47-23(17)24-36-9-10-45-24)13-21(19-7-5-6-8-20(19)44-4)46-18-11-31(34)14-30(43,16-33)15-32(31,35)12-18/h5-10,18,21,28,42-43H,11-15,34-35H2,1-4H3,(H,40,41)/t18-,21?,28?,30?,31+,32-. The van der Waals surface area contributed by atoms with Crippen LogP contribution in [0, 0.1) is 18.3 Å². The van der Waals surface area contributed by atoms with E-state index in [2.05, 4.69) is 4.98 Å². The molecule has 0 saturated heterocycles. The number of aliphatic hydroxyl groups excluding tert-OH is 1. The number of amides is 1. The Hall–Kier alpha value is -4.04. The van der Waals surface area contributed by atoms with E-state index in [4.69, 9.17) is 25.4 Å². The molecule has 0 radical (unpaired) electrons. The van der Waals surface area contributed by atoms with E-state index >= 15 is 0 Å². The number of aliphatic carboxylic acids is 1. The zero-order valence-electron chi connectivity index (χ0n) is 26.5. The molecule has 1 aromatic carbocycles. The predicted octanol–water partition coefficient (Wildman–Crippen LogP) is 2.49. The molecule has 7 N–H and O–H groups in total. The highest BCUT2D eigenvalue weighted by Crippen LogP contribution is 2.53. The number of methoxy groups -OCH3 is 1. The Bertz CT molecular complexity index is 1730. The van der Waals surface area contributed by atoms with Gasteiger partial charge >= 0.3 is 5.97 Å². The van der Waals surface area contributed by atoms with Gasteiger partial charge in [-0.3, -0.25) is 9.69 Å². The van der Waals surface area contributed by atoms with Crippen LogP contribution in [0.15, 0.2) is 41.1 Å². The molecule has 3 aromatic rings. The van der Waals surface area contributed by atoms with Crippen molar-refractivity contribution in [3.05, 3.63) is 53.4 Å². The molecule has 6 rings (SSSR count). The number of oxazole rings is 1. The van der Waals surface area contributed by atoms with Gasteiger partial charge in [0.2, 0.25) is 12.2 Å². The Labute approximate surface area is 275 Å². The van der Waals surface area contributed by atoms with Crippen molar-refractivity contribution in [3.63, 3.8) is 0 Å². The van der Waals surface area contributed by atoms with Gasteiger partial charge in [0.25, 0.3) is 5.91 Å². The van der Waals surface area contributed by atoms with E-state index in [0.29, 0.717) is 26.8 Å². The quantitative estimate of drug-likeness (QED) is 0.207. The van der Waals surface area contributed by atoms with Gasteiger partial charge in [-0.1, -0.05) is 18.2 Å². The predicted molar refractivity (Wildman–Crippen MR) is 169 cm³/mol. The summed E-state index contributed by atoms with van der Waals surface area (Å²) < 4.78 is 18.0. The lowest BCUT2D eigenvalue weighted by Crippen LogP contribution is -2.65. The van der Waals surface area contributed by atoms with Crippen LogP contribution in [-0.4, -0.2) is 85.4 Å². The Kier molecular flexibility index (Phi) is 7.90. The lowest BCUT2D eigenvalue weighted by atomic mass is 9.85. The Morgan fingerprint density at radius 3 is 2.51 bits per heavy atom. The van der Waals surface area contributed by atoms with Crippen molar-refractivity contribution >= 4 is 28.2 Å². The fourth-order valence-electron chi connectivity index (χ4n) is 7.41. The van der Waals surface area contributed by atoms with Gasteiger partial charge in [0.1, 0.15) is 28.7 Å². The molecule has 0 spiro atoms. The second kappa shape index (κ2) is 11.3. The molecule has 14 nitrogen and oxygen atoms in total. The number of aromatic nitrogens is 1. The molecule has 15 heteroatoms. The van der Waals surface area contributed by atoms with Crippen LogP contribution in [0.25, 0.3) is 10.8 Å². The average molecular weight is 667 g/mol. The summed E-state index contributed by atoms with van der Waals surface area (Å²) in [6, 6.07) is 9.17. The number of ether oxygens (including phenoxy) is 2. The fourth-order valence-corrected chi connectivity index (χ4v) is 8.68. The van der Waals surface area contributed by atoms with Gasteiger partial charge in [-0.25, -0.2) is 9.78 Å². The number of rotatable bonds is 9. The minimum Gasteiger partial charge on any atom is -0.496 e. The zero-order chi connectivity index (χ0) is 34.1. The largest absolute Gasteiger partial charge is 0.496 e. The van der Waals surface area contributed by atoms with Crippen LogP contribution in [0.2, 0.25) is 0 Å². The summed E-state index contributed by atoms with van der Waals surface area (Å²) >= 11 is 1.19. The maximum Gasteiger partial charge on any atom is 0.329 e. The third-order valence-corrected chi connectivity index (χ3v) is 11.2. The van der Waals surface area contributed by atoms with Crippen molar-refractivity contribution in [2.75, 3.05) is 18.6 Å². The fraction of sp³-hybridized carbons (Fsp3) is 0.500. The van der Waals surface area contributed by atoms with E-state index in [1.807, 2.05) is 18.2 Å². The Morgan fingerprint density at radius 1 is 1.28 bits per heavy atom. The lowest BCUT2D eigenvalue weighted by Gasteiger charge is -2.47. The topological polar surface area (TPSA) is 222 Å². The molecule has 0 bridgehead atoms. The van der Waals surface area contributed by atoms with Gasteiger partial charge in [0, 0.05) is 29.5 Å². The van der Waals surface area contributed by atoms with Gasteiger partial charge in [0.15, 0.2) is 5.60 Å². The van der Waals surface area contributed by atoms with Crippen molar-refractivity contribution in [2.24, 2.45) is 11.5 Å². The van der Waals surface area contributed by atoms with Crippen molar-refractivity contribution in [3.8, 4) is 22.6 Å². The van der Waals surface area contributed by atoms with Crippen LogP contribution >= 0.6 is 11.3 Å². The second-order valence-electron chi connectivity index (χ2n) is 13.3. The van der Waals surface area contributed by atoms with Crippen LogP contribution in [0.4, 0.5) is 5.00 Å². The van der Waals surface area contributed by atoms with Crippen LogP contribution in [-0.2, 0) is 9.53 Å². The summed E-state index contributed by atoms with van der Waals surface area (Å²) in [5.74, 6) is -1.17. The maximum absolute atomic E-state index is 14.0. The number of benzene rings is 1. The van der Waals surface area contributed by atoms with Gasteiger partial charge in [-0.05, 0) is 45.2 Å². The molecule has 1 amide bonds. The number of para-hydroxylation sites is 1. The van der Waals surface area contributed by atoms with Gasteiger partial charge in [-0.15, -0.1) is 11.3 Å². The van der Waals surface area contributed by atoms with Gasteiger partial charge in [0.05, 0.1) is 42.5 Å². The molecule has 3 aliphatic rings. The third kappa shape index (κ3) is 5.16. The molecule has 250 valence electrons. The number of nitriles is 1. The van der Waals surface area contributed by atoms with E-state index in [1.54, 1.807) is 24.0 Å². The summed E-state index contributed by atoms with van der Waals surface area (Å²) in [7, 11) is 1.53. The first-order valence-electron chi connectivity index (χ1n) is 15.1. The molecule has 2 aliphatic carbocycles. The highest BCUT2D eigenvalue weighted by Gasteiger charge is 2.65. The number of nitrogens with zero attached hydrogens (tertiary/aromatic N) is 4. The first-order chi connectivity index (χ1) is 22.1. The van der Waals surface area contributed by atoms with E-state index in [1.165, 1.54) is 44.8 Å². The zero-order valence-corrected chi connectivity index (χ0v) is 27.3. The molecule has 47 heavy (non-hydrogen) atoms. The number of carbonyl (C=O) groups is 2. The van der Waals surface area contributed by atoms with E-state index in [0.717, 1.165) is 4.90 Å². The van der Waals surface area contributed by atoms with Crippen molar-refractivity contribution in [1.29, 1.82) is 5.26 Å².